The van der Waals surface area contributed by atoms with Crippen LogP contribution >= 0.6 is 12.4 Å². The summed E-state index contributed by atoms with van der Waals surface area (Å²) >= 11 is 0. The maximum absolute atomic E-state index is 9.49. The highest BCUT2D eigenvalue weighted by molar-refractivity contribution is 5.85. The van der Waals surface area contributed by atoms with Gasteiger partial charge in [-0.25, -0.2) is 0 Å². The molecular weight excluding hydrogens is 312 g/mol. The summed E-state index contributed by atoms with van der Waals surface area (Å²) in [4.78, 5) is 0. The van der Waals surface area contributed by atoms with Gasteiger partial charge in [-0.15, -0.1) is 12.4 Å². The minimum atomic E-state index is 0. The summed E-state index contributed by atoms with van der Waals surface area (Å²) in [5, 5.41) is 26.0. The molecule has 4 N–H and O–H groups in total. The third-order valence-electron chi connectivity index (χ3n) is 3.69. The zero-order chi connectivity index (χ0) is 15.9. The third-order valence-corrected chi connectivity index (χ3v) is 3.69. The maximum atomic E-state index is 9.49. The summed E-state index contributed by atoms with van der Waals surface area (Å²) in [5.41, 5.74) is 2.22. The van der Waals surface area contributed by atoms with Crippen molar-refractivity contribution < 1.29 is 10.2 Å². The lowest BCUT2D eigenvalue weighted by Gasteiger charge is -2.29. The second-order valence-corrected chi connectivity index (χ2v) is 5.25. The molecule has 0 bridgehead atoms. The molecule has 0 aromatic heterocycles. The van der Waals surface area contributed by atoms with Crippen molar-refractivity contribution in [2.45, 2.75) is 25.9 Å². The molecule has 23 heavy (non-hydrogen) atoms. The van der Waals surface area contributed by atoms with Crippen LogP contribution in [0.15, 0.2) is 48.5 Å². The Morgan fingerprint density at radius 1 is 0.696 bits per heavy atom. The van der Waals surface area contributed by atoms with Crippen LogP contribution in [0, 0.1) is 0 Å². The lowest BCUT2D eigenvalue weighted by atomic mass is 9.93. The molecule has 0 amide bonds. The van der Waals surface area contributed by atoms with E-state index >= 15 is 0 Å². The Kier molecular flexibility index (Phi) is 7.89. The molecule has 0 aliphatic rings. The van der Waals surface area contributed by atoms with Crippen LogP contribution < -0.4 is 10.6 Å². The third kappa shape index (κ3) is 5.13. The molecule has 0 radical (unpaired) electrons. The van der Waals surface area contributed by atoms with E-state index in [1.807, 2.05) is 24.3 Å². The molecule has 4 nitrogen and oxygen atoms in total. The fourth-order valence-electron chi connectivity index (χ4n) is 2.66. The van der Waals surface area contributed by atoms with Gasteiger partial charge >= 0.3 is 0 Å². The lowest BCUT2D eigenvalue weighted by molar-refractivity contribution is 0.396. The molecule has 0 aliphatic carbocycles. The maximum Gasteiger partial charge on any atom is 0.115 e. The van der Waals surface area contributed by atoms with Crippen molar-refractivity contribution in [2.24, 2.45) is 0 Å². The fourth-order valence-corrected chi connectivity index (χ4v) is 2.66. The molecule has 2 rings (SSSR count). The predicted molar refractivity (Wildman–Crippen MR) is 96.3 cm³/mol. The van der Waals surface area contributed by atoms with Crippen LogP contribution in [0.25, 0.3) is 0 Å². The average molecular weight is 337 g/mol. The summed E-state index contributed by atoms with van der Waals surface area (Å²) in [6.07, 6.45) is 0. The molecule has 2 aromatic rings. The number of hydrogen-bond donors (Lipinski definition) is 4. The molecule has 2 unspecified atom stereocenters. The highest BCUT2D eigenvalue weighted by Crippen LogP contribution is 2.30. The first kappa shape index (κ1) is 19.3. The summed E-state index contributed by atoms with van der Waals surface area (Å²) in [7, 11) is 0. The van der Waals surface area contributed by atoms with Crippen LogP contribution in [0.5, 0.6) is 11.5 Å². The van der Waals surface area contributed by atoms with E-state index in [1.165, 1.54) is 0 Å². The van der Waals surface area contributed by atoms with E-state index in [0.29, 0.717) is 0 Å². The first-order valence-electron chi connectivity index (χ1n) is 7.70. The van der Waals surface area contributed by atoms with Gasteiger partial charge in [0.25, 0.3) is 0 Å². The van der Waals surface area contributed by atoms with Crippen LogP contribution in [0.2, 0.25) is 0 Å². The van der Waals surface area contributed by atoms with E-state index in [2.05, 4.69) is 24.5 Å². The van der Waals surface area contributed by atoms with Crippen molar-refractivity contribution in [1.82, 2.24) is 10.6 Å². The first-order valence-corrected chi connectivity index (χ1v) is 7.70. The zero-order valence-corrected chi connectivity index (χ0v) is 14.3. The molecule has 0 heterocycles. The molecule has 2 atom stereocenters. The molecule has 0 spiro atoms. The molecule has 2 aromatic carbocycles. The van der Waals surface area contributed by atoms with Crippen LogP contribution in [0.3, 0.4) is 0 Å². The van der Waals surface area contributed by atoms with E-state index in [-0.39, 0.29) is 36.0 Å². The van der Waals surface area contributed by atoms with Gasteiger partial charge in [-0.05, 0) is 48.5 Å². The van der Waals surface area contributed by atoms with Gasteiger partial charge in [0, 0.05) is 0 Å². The molecule has 0 saturated carbocycles. The Bertz CT molecular complexity index is 519. The monoisotopic (exact) mass is 336 g/mol. The van der Waals surface area contributed by atoms with E-state index in [0.717, 1.165) is 24.2 Å². The van der Waals surface area contributed by atoms with Gasteiger partial charge in [-0.1, -0.05) is 38.1 Å². The van der Waals surface area contributed by atoms with Crippen molar-refractivity contribution in [3.05, 3.63) is 59.7 Å². The van der Waals surface area contributed by atoms with Crippen molar-refractivity contribution >= 4 is 12.4 Å². The topological polar surface area (TPSA) is 64.5 Å². The molecule has 5 heteroatoms. The van der Waals surface area contributed by atoms with Gasteiger partial charge in [0.15, 0.2) is 0 Å². The fraction of sp³-hybridized carbons (Fsp3) is 0.333. The van der Waals surface area contributed by atoms with Crippen molar-refractivity contribution in [3.63, 3.8) is 0 Å². The molecule has 126 valence electrons. The van der Waals surface area contributed by atoms with Crippen LogP contribution in [-0.2, 0) is 0 Å². The average Bonchev–Trinajstić information content (AvgIpc) is 2.53. The second-order valence-electron chi connectivity index (χ2n) is 5.25. The standard InChI is InChI=1S/C18H24N2O2.ClH/c1-3-19-17(13-5-9-15(21)10-6-13)18(20-4-2)14-7-11-16(22)12-8-14;/h5-12,17-22H,3-4H2,1-2H3;1H. The lowest BCUT2D eigenvalue weighted by Crippen LogP contribution is -2.35. The van der Waals surface area contributed by atoms with Crippen molar-refractivity contribution in [2.75, 3.05) is 13.1 Å². The number of rotatable bonds is 7. The molecule has 0 aliphatic heterocycles. The number of aromatic hydroxyl groups is 2. The first-order chi connectivity index (χ1) is 10.7. The highest BCUT2D eigenvalue weighted by atomic mass is 35.5. The smallest absolute Gasteiger partial charge is 0.115 e. The molecule has 0 saturated heterocycles. The number of halogens is 1. The quantitative estimate of drug-likeness (QED) is 0.624. The van der Waals surface area contributed by atoms with Crippen molar-refractivity contribution in [3.8, 4) is 11.5 Å². The Morgan fingerprint density at radius 2 is 1.00 bits per heavy atom. The van der Waals surface area contributed by atoms with Crippen LogP contribution in [-0.4, -0.2) is 23.3 Å². The number of phenols is 2. The number of likely N-dealkylation sites (N-methyl/N-ethyl adjacent to an activating group) is 2. The van der Waals surface area contributed by atoms with Gasteiger partial charge in [-0.2, -0.15) is 0 Å². The highest BCUT2D eigenvalue weighted by Gasteiger charge is 2.23. The van der Waals surface area contributed by atoms with Gasteiger partial charge in [0.2, 0.25) is 0 Å². The Balaban J connectivity index is 0.00000264. The summed E-state index contributed by atoms with van der Waals surface area (Å²) in [6.45, 7) is 5.83. The summed E-state index contributed by atoms with van der Waals surface area (Å²) in [5.74, 6) is 0.535. The summed E-state index contributed by atoms with van der Waals surface area (Å²) in [6, 6.07) is 14.7. The number of nitrogens with one attached hydrogen (secondary N) is 2. The summed E-state index contributed by atoms with van der Waals surface area (Å²) < 4.78 is 0. The normalized spacial score (nSPS) is 13.1. The number of benzene rings is 2. The Labute approximate surface area is 144 Å². The van der Waals surface area contributed by atoms with Gasteiger partial charge in [0.1, 0.15) is 11.5 Å². The minimum Gasteiger partial charge on any atom is -0.508 e. The Hall–Kier alpha value is -1.75. The predicted octanol–water partition coefficient (Wildman–Crippen LogP) is 3.52. The largest absolute Gasteiger partial charge is 0.508 e. The van der Waals surface area contributed by atoms with E-state index < -0.39 is 0 Å². The van der Waals surface area contributed by atoms with E-state index in [9.17, 15) is 10.2 Å². The van der Waals surface area contributed by atoms with E-state index in [1.54, 1.807) is 24.3 Å². The van der Waals surface area contributed by atoms with Crippen LogP contribution in [0.1, 0.15) is 37.1 Å². The van der Waals surface area contributed by atoms with Gasteiger partial charge in [-0.3, -0.25) is 0 Å². The van der Waals surface area contributed by atoms with E-state index in [4.69, 9.17) is 0 Å². The second kappa shape index (κ2) is 9.40. The molecule has 0 fully saturated rings. The number of phenolic OH excluding ortho intramolecular Hbond substituents is 2. The molecular formula is C18H25ClN2O2. The number of hydrogen-bond acceptors (Lipinski definition) is 4. The minimum absolute atomic E-state index is 0. The van der Waals surface area contributed by atoms with Gasteiger partial charge < -0.3 is 20.8 Å². The van der Waals surface area contributed by atoms with Crippen LogP contribution in [0.4, 0.5) is 0 Å². The zero-order valence-electron chi connectivity index (χ0n) is 13.5. The SMILES string of the molecule is CCNC(c1ccc(O)cc1)C(NCC)c1ccc(O)cc1.Cl. The van der Waals surface area contributed by atoms with Crippen molar-refractivity contribution in [1.29, 1.82) is 0 Å². The Morgan fingerprint density at radius 3 is 1.26 bits per heavy atom. The van der Waals surface area contributed by atoms with Gasteiger partial charge in [0.05, 0.1) is 12.1 Å².